The highest BCUT2D eigenvalue weighted by atomic mass is 35.5. The fourth-order valence-electron chi connectivity index (χ4n) is 2.21. The molecule has 1 aliphatic rings. The molecule has 0 aliphatic heterocycles. The SMILES string of the molecule is NC(=O)c1cc(Cl)ccc1NCC1(C(=O)O)CCC1. The number of carboxylic acids is 1. The maximum absolute atomic E-state index is 11.3. The largest absolute Gasteiger partial charge is 0.481 e. The monoisotopic (exact) mass is 282 g/mol. The number of carboxylic acid groups (broad SMARTS) is 1. The van der Waals surface area contributed by atoms with E-state index in [4.69, 9.17) is 17.3 Å². The second kappa shape index (κ2) is 5.09. The van der Waals surface area contributed by atoms with Crippen molar-refractivity contribution in [2.24, 2.45) is 11.1 Å². The maximum atomic E-state index is 11.3. The average molecular weight is 283 g/mol. The van der Waals surface area contributed by atoms with Crippen LogP contribution in [-0.4, -0.2) is 23.5 Å². The summed E-state index contributed by atoms with van der Waals surface area (Å²) in [6.07, 6.45) is 2.21. The lowest BCUT2D eigenvalue weighted by Crippen LogP contribution is -2.43. The molecule has 0 radical (unpaired) electrons. The van der Waals surface area contributed by atoms with Gasteiger partial charge in [0.15, 0.2) is 0 Å². The summed E-state index contributed by atoms with van der Waals surface area (Å²) >= 11 is 5.81. The van der Waals surface area contributed by atoms with Crippen LogP contribution < -0.4 is 11.1 Å². The van der Waals surface area contributed by atoms with Crippen molar-refractivity contribution in [3.8, 4) is 0 Å². The van der Waals surface area contributed by atoms with Crippen molar-refractivity contribution >= 4 is 29.2 Å². The molecule has 4 N–H and O–H groups in total. The Bertz CT molecular complexity index is 527. The van der Waals surface area contributed by atoms with Gasteiger partial charge in [-0.15, -0.1) is 0 Å². The van der Waals surface area contributed by atoms with Gasteiger partial charge in [-0.05, 0) is 31.0 Å². The van der Waals surface area contributed by atoms with E-state index in [-0.39, 0.29) is 12.1 Å². The zero-order valence-electron chi connectivity index (χ0n) is 10.3. The van der Waals surface area contributed by atoms with Crippen LogP contribution in [0.25, 0.3) is 0 Å². The van der Waals surface area contributed by atoms with Crippen LogP contribution in [0.1, 0.15) is 29.6 Å². The number of hydrogen-bond donors (Lipinski definition) is 3. The first-order chi connectivity index (χ1) is 8.94. The minimum atomic E-state index is -0.805. The third-order valence-corrected chi connectivity index (χ3v) is 3.86. The van der Waals surface area contributed by atoms with Crippen molar-refractivity contribution < 1.29 is 14.7 Å². The Labute approximate surface area is 115 Å². The standard InChI is InChI=1S/C13H15ClN2O3/c14-8-2-3-10(9(6-8)11(15)17)16-7-13(12(18)19)4-1-5-13/h2-3,6,16H,1,4-5,7H2,(H2,15,17)(H,18,19). The van der Waals surface area contributed by atoms with E-state index in [0.717, 1.165) is 6.42 Å². The van der Waals surface area contributed by atoms with Crippen molar-refractivity contribution in [1.29, 1.82) is 0 Å². The van der Waals surface area contributed by atoms with Crippen LogP contribution in [0.2, 0.25) is 5.02 Å². The van der Waals surface area contributed by atoms with E-state index >= 15 is 0 Å². The van der Waals surface area contributed by atoms with Crippen LogP contribution in [0.5, 0.6) is 0 Å². The Morgan fingerprint density at radius 2 is 2.11 bits per heavy atom. The van der Waals surface area contributed by atoms with E-state index < -0.39 is 17.3 Å². The predicted octanol–water partition coefficient (Wildman–Crippen LogP) is 2.11. The number of anilines is 1. The molecular weight excluding hydrogens is 268 g/mol. The highest BCUT2D eigenvalue weighted by Gasteiger charge is 2.44. The normalized spacial score (nSPS) is 16.5. The molecule has 0 bridgehead atoms. The summed E-state index contributed by atoms with van der Waals surface area (Å²) in [6.45, 7) is 0.282. The van der Waals surface area contributed by atoms with Crippen molar-refractivity contribution in [2.75, 3.05) is 11.9 Å². The number of benzene rings is 1. The van der Waals surface area contributed by atoms with Gasteiger partial charge in [0, 0.05) is 17.3 Å². The van der Waals surface area contributed by atoms with Gasteiger partial charge in [-0.1, -0.05) is 18.0 Å². The molecule has 0 heterocycles. The number of rotatable bonds is 5. The van der Waals surface area contributed by atoms with E-state index in [0.29, 0.717) is 23.6 Å². The summed E-state index contributed by atoms with van der Waals surface area (Å²) in [5, 5.41) is 12.7. The molecule has 0 atom stereocenters. The second-order valence-corrected chi connectivity index (χ2v) is 5.28. The van der Waals surface area contributed by atoms with Crippen LogP contribution in [0.3, 0.4) is 0 Å². The molecule has 0 spiro atoms. The minimum absolute atomic E-state index is 0.271. The van der Waals surface area contributed by atoms with E-state index in [1.165, 1.54) is 6.07 Å². The van der Waals surface area contributed by atoms with Gasteiger partial charge >= 0.3 is 5.97 Å². The Hall–Kier alpha value is -1.75. The van der Waals surface area contributed by atoms with Gasteiger partial charge in [0.05, 0.1) is 11.0 Å². The first-order valence-corrected chi connectivity index (χ1v) is 6.39. The summed E-state index contributed by atoms with van der Waals surface area (Å²) in [6, 6.07) is 4.74. The Morgan fingerprint density at radius 3 is 2.58 bits per heavy atom. The summed E-state index contributed by atoms with van der Waals surface area (Å²) in [4.78, 5) is 22.6. The molecule has 1 saturated carbocycles. The number of halogens is 1. The van der Waals surface area contributed by atoms with Crippen LogP contribution in [0.4, 0.5) is 5.69 Å². The molecule has 1 aromatic rings. The number of carbonyl (C=O) groups is 2. The quantitative estimate of drug-likeness (QED) is 0.771. The van der Waals surface area contributed by atoms with Crippen molar-refractivity contribution in [1.82, 2.24) is 0 Å². The summed E-state index contributed by atoms with van der Waals surface area (Å²) < 4.78 is 0. The lowest BCUT2D eigenvalue weighted by molar-refractivity contribution is -0.153. The van der Waals surface area contributed by atoms with Gasteiger partial charge in [0.25, 0.3) is 5.91 Å². The molecule has 19 heavy (non-hydrogen) atoms. The molecule has 1 amide bonds. The smallest absolute Gasteiger partial charge is 0.311 e. The lowest BCUT2D eigenvalue weighted by Gasteiger charge is -2.38. The van der Waals surface area contributed by atoms with Gasteiger partial charge in [0.1, 0.15) is 0 Å². The fraction of sp³-hybridized carbons (Fsp3) is 0.385. The second-order valence-electron chi connectivity index (χ2n) is 4.85. The number of hydrogen-bond acceptors (Lipinski definition) is 3. The fourth-order valence-corrected chi connectivity index (χ4v) is 2.38. The molecule has 1 fully saturated rings. The zero-order valence-corrected chi connectivity index (χ0v) is 11.0. The van der Waals surface area contributed by atoms with Crippen molar-refractivity contribution in [3.63, 3.8) is 0 Å². The van der Waals surface area contributed by atoms with E-state index in [1.54, 1.807) is 12.1 Å². The third-order valence-electron chi connectivity index (χ3n) is 3.63. The van der Waals surface area contributed by atoms with E-state index in [1.807, 2.05) is 0 Å². The van der Waals surface area contributed by atoms with Gasteiger partial charge in [0.2, 0.25) is 0 Å². The average Bonchev–Trinajstić information content (AvgIpc) is 2.28. The highest BCUT2D eigenvalue weighted by Crippen LogP contribution is 2.41. The predicted molar refractivity (Wildman–Crippen MR) is 72.4 cm³/mol. The number of carbonyl (C=O) groups excluding carboxylic acids is 1. The first-order valence-electron chi connectivity index (χ1n) is 6.01. The summed E-state index contributed by atoms with van der Waals surface area (Å²) in [5.41, 5.74) is 5.34. The molecule has 0 unspecified atom stereocenters. The topological polar surface area (TPSA) is 92.4 Å². The minimum Gasteiger partial charge on any atom is -0.481 e. The lowest BCUT2D eigenvalue weighted by atomic mass is 9.69. The van der Waals surface area contributed by atoms with Crippen LogP contribution in [0, 0.1) is 5.41 Å². The number of nitrogens with one attached hydrogen (secondary N) is 1. The molecule has 6 heteroatoms. The van der Waals surface area contributed by atoms with Crippen molar-refractivity contribution in [3.05, 3.63) is 28.8 Å². The summed E-state index contributed by atoms with van der Waals surface area (Å²) in [5.74, 6) is -1.40. The number of aliphatic carboxylic acids is 1. The molecule has 0 aromatic heterocycles. The van der Waals surface area contributed by atoms with Gasteiger partial charge in [-0.3, -0.25) is 9.59 Å². The first kappa shape index (κ1) is 13.7. The number of amides is 1. The number of primary amides is 1. The Morgan fingerprint density at radius 1 is 1.42 bits per heavy atom. The molecule has 102 valence electrons. The summed E-state index contributed by atoms with van der Waals surface area (Å²) in [7, 11) is 0. The van der Waals surface area contributed by atoms with Gasteiger partial charge in [-0.25, -0.2) is 0 Å². The molecule has 0 saturated heterocycles. The highest BCUT2D eigenvalue weighted by molar-refractivity contribution is 6.31. The van der Waals surface area contributed by atoms with E-state index in [9.17, 15) is 14.7 Å². The van der Waals surface area contributed by atoms with Crippen LogP contribution in [0.15, 0.2) is 18.2 Å². The Kier molecular flexibility index (Phi) is 3.66. The molecule has 2 rings (SSSR count). The number of nitrogens with two attached hydrogens (primary N) is 1. The van der Waals surface area contributed by atoms with Crippen LogP contribution in [-0.2, 0) is 4.79 Å². The molecule has 1 aliphatic carbocycles. The van der Waals surface area contributed by atoms with Gasteiger partial charge < -0.3 is 16.2 Å². The third kappa shape index (κ3) is 2.66. The van der Waals surface area contributed by atoms with Crippen LogP contribution >= 0.6 is 11.6 Å². The van der Waals surface area contributed by atoms with Crippen molar-refractivity contribution in [2.45, 2.75) is 19.3 Å². The molecular formula is C13H15ClN2O3. The van der Waals surface area contributed by atoms with E-state index in [2.05, 4.69) is 5.32 Å². The Balaban J connectivity index is 2.15. The molecule has 1 aromatic carbocycles. The maximum Gasteiger partial charge on any atom is 0.311 e. The zero-order chi connectivity index (χ0) is 14.0. The van der Waals surface area contributed by atoms with Gasteiger partial charge in [-0.2, -0.15) is 0 Å². The molecule has 5 nitrogen and oxygen atoms in total.